The maximum atomic E-state index is 13.6. The van der Waals surface area contributed by atoms with Crippen molar-refractivity contribution in [3.8, 4) is 0 Å². The Labute approximate surface area is 294 Å². The van der Waals surface area contributed by atoms with E-state index in [1.165, 1.54) is 23.8 Å². The SMILES string of the molecule is CO/N=C(\C(=O)N[C@@H]1C(=O)N2C(C(=O)OC(c3ccccc3)c3ccccc3)=CCS[C@H]12)c1nc(NC(=O)OCc2ccccc2)sc1Cl. The van der Waals surface area contributed by atoms with Gasteiger partial charge in [-0.05, 0) is 22.8 Å². The number of nitrogens with zero attached hydrogens (tertiary/aromatic N) is 3. The fourth-order valence-electron chi connectivity index (χ4n) is 5.12. The number of hydrogen-bond donors (Lipinski definition) is 2. The number of anilines is 1. The standard InChI is InChI=1S/C34H28ClN5O7S2/c1-45-39-25(24-28(35)49-33(37-24)38-34(44)46-19-20-11-5-2-6-12-20)29(41)36-26-30(42)40-23(17-18-48-31(26)40)32(43)47-27(21-13-7-3-8-14-21)22-15-9-4-10-16-22/h2-17,26-27,31H,18-19H2,1H3,(H,36,41)(H,37,38,44)/b39-25-/t26-,31-/m1/s1. The van der Waals surface area contributed by atoms with Gasteiger partial charge in [0.25, 0.3) is 11.8 Å². The number of amides is 3. The van der Waals surface area contributed by atoms with Crippen LogP contribution in [0.5, 0.6) is 0 Å². The predicted molar refractivity (Wildman–Crippen MR) is 185 cm³/mol. The third-order valence-corrected chi connectivity index (χ3v) is 9.75. The Bertz CT molecular complexity index is 1870. The fraction of sp³-hybridized carbons (Fsp3) is 0.176. The van der Waals surface area contributed by atoms with Crippen LogP contribution < -0.4 is 10.6 Å². The third kappa shape index (κ3) is 7.61. The van der Waals surface area contributed by atoms with Gasteiger partial charge in [0.05, 0.1) is 0 Å². The van der Waals surface area contributed by atoms with E-state index in [-0.39, 0.29) is 33.2 Å². The van der Waals surface area contributed by atoms with E-state index in [0.717, 1.165) is 28.0 Å². The third-order valence-electron chi connectivity index (χ3n) is 7.40. The molecule has 2 aliphatic heterocycles. The second-order valence-corrected chi connectivity index (χ2v) is 13.3. The maximum absolute atomic E-state index is 13.6. The Hall–Kier alpha value is -5.18. The molecule has 12 nitrogen and oxygen atoms in total. The highest BCUT2D eigenvalue weighted by Gasteiger charge is 2.53. The number of halogens is 1. The molecule has 49 heavy (non-hydrogen) atoms. The minimum Gasteiger partial charge on any atom is -0.448 e. The molecule has 15 heteroatoms. The van der Waals surface area contributed by atoms with Crippen molar-refractivity contribution in [1.82, 2.24) is 15.2 Å². The van der Waals surface area contributed by atoms with Crippen LogP contribution in [0.1, 0.15) is 28.5 Å². The molecule has 0 spiro atoms. The lowest BCUT2D eigenvalue weighted by molar-refractivity contribution is -0.154. The summed E-state index contributed by atoms with van der Waals surface area (Å²) in [5, 5.41) is 8.43. The molecule has 0 radical (unpaired) electrons. The van der Waals surface area contributed by atoms with Crippen molar-refractivity contribution in [2.24, 2.45) is 5.16 Å². The van der Waals surface area contributed by atoms with Gasteiger partial charge in [-0.15, -0.1) is 11.8 Å². The van der Waals surface area contributed by atoms with Crippen molar-refractivity contribution in [1.29, 1.82) is 0 Å². The molecule has 250 valence electrons. The van der Waals surface area contributed by atoms with Gasteiger partial charge >= 0.3 is 12.1 Å². The molecule has 3 amide bonds. The van der Waals surface area contributed by atoms with Crippen LogP contribution in [0.25, 0.3) is 0 Å². The average Bonchev–Trinajstić information content (AvgIpc) is 3.49. The number of carbonyl (C=O) groups excluding carboxylic acids is 4. The van der Waals surface area contributed by atoms with Crippen LogP contribution in [0.4, 0.5) is 9.93 Å². The molecule has 3 aromatic carbocycles. The number of fused-ring (bicyclic) bond motifs is 1. The fourth-order valence-corrected chi connectivity index (χ4v) is 7.35. The molecule has 2 aliphatic rings. The highest BCUT2D eigenvalue weighted by Crippen LogP contribution is 2.39. The molecule has 2 atom stereocenters. The van der Waals surface area contributed by atoms with E-state index in [4.69, 9.17) is 25.9 Å². The van der Waals surface area contributed by atoms with E-state index in [2.05, 4.69) is 20.8 Å². The zero-order chi connectivity index (χ0) is 34.3. The number of thioether (sulfide) groups is 1. The summed E-state index contributed by atoms with van der Waals surface area (Å²) < 4.78 is 11.3. The monoisotopic (exact) mass is 717 g/mol. The van der Waals surface area contributed by atoms with Crippen molar-refractivity contribution in [3.05, 3.63) is 129 Å². The van der Waals surface area contributed by atoms with Gasteiger partial charge in [0.15, 0.2) is 16.9 Å². The smallest absolute Gasteiger partial charge is 0.413 e. The van der Waals surface area contributed by atoms with Crippen molar-refractivity contribution in [3.63, 3.8) is 0 Å². The molecule has 0 bridgehead atoms. The highest BCUT2D eigenvalue weighted by atomic mass is 35.5. The van der Waals surface area contributed by atoms with Crippen LogP contribution in [0.15, 0.2) is 108 Å². The number of thiazole rings is 1. The van der Waals surface area contributed by atoms with Gasteiger partial charge in [-0.1, -0.05) is 119 Å². The Balaban J connectivity index is 1.11. The average molecular weight is 718 g/mol. The van der Waals surface area contributed by atoms with Gasteiger partial charge in [0.2, 0.25) is 0 Å². The highest BCUT2D eigenvalue weighted by molar-refractivity contribution is 8.00. The van der Waals surface area contributed by atoms with Crippen LogP contribution in [-0.4, -0.2) is 63.8 Å². The van der Waals surface area contributed by atoms with Crippen molar-refractivity contribution in [2.75, 3.05) is 18.2 Å². The van der Waals surface area contributed by atoms with E-state index in [0.29, 0.717) is 5.75 Å². The largest absolute Gasteiger partial charge is 0.448 e. The van der Waals surface area contributed by atoms with Gasteiger partial charge < -0.3 is 19.6 Å². The van der Waals surface area contributed by atoms with Gasteiger partial charge in [-0.25, -0.2) is 14.6 Å². The predicted octanol–water partition coefficient (Wildman–Crippen LogP) is 5.51. The lowest BCUT2D eigenvalue weighted by atomic mass is 10.0. The summed E-state index contributed by atoms with van der Waals surface area (Å²) >= 11 is 8.65. The molecular formula is C34H28ClN5O7S2. The zero-order valence-electron chi connectivity index (χ0n) is 25.8. The summed E-state index contributed by atoms with van der Waals surface area (Å²) in [4.78, 5) is 63.2. The summed E-state index contributed by atoms with van der Waals surface area (Å²) in [5.74, 6) is -1.56. The quantitative estimate of drug-likeness (QED) is 0.0887. The summed E-state index contributed by atoms with van der Waals surface area (Å²) in [6.07, 6.45) is 0.168. The van der Waals surface area contributed by atoms with Crippen molar-refractivity contribution >= 4 is 69.4 Å². The van der Waals surface area contributed by atoms with Gasteiger partial charge in [0, 0.05) is 5.75 Å². The molecule has 3 heterocycles. The molecule has 0 saturated carbocycles. The number of esters is 1. The maximum Gasteiger partial charge on any atom is 0.413 e. The first kappa shape index (κ1) is 33.7. The van der Waals surface area contributed by atoms with Crippen LogP contribution >= 0.6 is 34.7 Å². The van der Waals surface area contributed by atoms with E-state index < -0.39 is 41.4 Å². The number of hydrogen-bond acceptors (Lipinski definition) is 11. The van der Waals surface area contributed by atoms with Crippen molar-refractivity contribution in [2.45, 2.75) is 24.1 Å². The molecule has 6 rings (SSSR count). The van der Waals surface area contributed by atoms with E-state index in [9.17, 15) is 19.2 Å². The van der Waals surface area contributed by atoms with Crippen LogP contribution in [0.2, 0.25) is 4.34 Å². The second kappa shape index (κ2) is 15.4. The van der Waals surface area contributed by atoms with Gasteiger partial charge in [0.1, 0.15) is 40.9 Å². The lowest BCUT2D eigenvalue weighted by Gasteiger charge is -2.48. The summed E-state index contributed by atoms with van der Waals surface area (Å²) in [6, 6.07) is 26.8. The first-order valence-electron chi connectivity index (χ1n) is 14.9. The van der Waals surface area contributed by atoms with E-state index in [1.807, 2.05) is 91.0 Å². The summed E-state index contributed by atoms with van der Waals surface area (Å²) in [5.41, 5.74) is 2.06. The topological polar surface area (TPSA) is 149 Å². The molecule has 1 saturated heterocycles. The van der Waals surface area contributed by atoms with E-state index >= 15 is 0 Å². The minimum atomic E-state index is -0.988. The van der Waals surface area contributed by atoms with Crippen molar-refractivity contribution < 1.29 is 33.5 Å². The minimum absolute atomic E-state index is 0.0391. The number of benzene rings is 3. The number of nitrogens with one attached hydrogen (secondary N) is 2. The lowest BCUT2D eigenvalue weighted by Crippen LogP contribution is -2.70. The Morgan fingerprint density at radius 3 is 2.27 bits per heavy atom. The number of rotatable bonds is 11. The molecule has 1 fully saturated rings. The number of ether oxygens (including phenoxy) is 2. The molecule has 1 aromatic heterocycles. The summed E-state index contributed by atoms with van der Waals surface area (Å²) in [7, 11) is 1.24. The number of aromatic nitrogens is 1. The molecule has 0 aliphatic carbocycles. The first-order valence-corrected chi connectivity index (χ1v) is 17.1. The zero-order valence-corrected chi connectivity index (χ0v) is 28.2. The Morgan fingerprint density at radius 1 is 1.00 bits per heavy atom. The molecule has 4 aromatic rings. The van der Waals surface area contributed by atoms with Crippen LogP contribution in [0.3, 0.4) is 0 Å². The molecular weight excluding hydrogens is 690 g/mol. The van der Waals surface area contributed by atoms with Gasteiger partial charge in [-0.2, -0.15) is 0 Å². The summed E-state index contributed by atoms with van der Waals surface area (Å²) in [6.45, 7) is 0.0400. The Morgan fingerprint density at radius 2 is 1.63 bits per heavy atom. The number of β-lactam (4-membered cyclic amide) rings is 1. The van der Waals surface area contributed by atoms with Gasteiger partial charge in [-0.3, -0.25) is 19.8 Å². The van der Waals surface area contributed by atoms with Crippen LogP contribution in [0, 0.1) is 0 Å². The van der Waals surface area contributed by atoms with E-state index in [1.54, 1.807) is 6.08 Å². The molecule has 0 unspecified atom stereocenters. The first-order chi connectivity index (χ1) is 23.8. The number of carbonyl (C=O) groups is 4. The normalized spacial score (nSPS) is 17.0. The second-order valence-electron chi connectivity index (χ2n) is 10.5. The molecule has 2 N–H and O–H groups in total. The number of oxime groups is 1. The van der Waals surface area contributed by atoms with Crippen LogP contribution in [-0.2, 0) is 35.3 Å². The Kier molecular flexibility index (Phi) is 10.6.